The minimum atomic E-state index is -3.22. The Morgan fingerprint density at radius 1 is 0.512 bits per heavy atom. The SMILES string of the molecule is C[C@H]1C[C@@]2(C[C@@H](c3cn(CC(=O)N4CCCCC4)nn3)N1)OC[C@@H](O)c1cc(Cl)sc12.C[C@H]1C[C@@]2(C[C@@H](c3cn(CC4(CO)CCOCC4)nn3)N1)OC[C@@H](O)c1cc(Cl)sc12.C[C@H]1C[C@@]2(C[C@@H](c3cn(Cc4ccc(S(C)(=O)=O)cc4)nn3)N1)OC[C@@H](O)c1cc(Cl)sc12.Cc1noc(C)c1Cn1cc([C@@H]2C[C@]3(C[C@H](C)N2)OC[C@@H](O)c2cc(Cl)sc23)nn1. The van der Waals surface area contributed by atoms with Crippen molar-refractivity contribution in [2.24, 2.45) is 5.41 Å². The number of hydrogen-bond acceptors (Lipinski definition) is 31. The summed E-state index contributed by atoms with van der Waals surface area (Å²) in [6.07, 6.45) is 17.3. The van der Waals surface area contributed by atoms with Crippen LogP contribution in [0.5, 0.6) is 0 Å². The fraction of sp³-hybridized carbons (Fsp3) is 0.595. The number of thiophene rings is 4. The van der Waals surface area contributed by atoms with E-state index in [-0.39, 0.29) is 99.2 Å². The van der Waals surface area contributed by atoms with Gasteiger partial charge in [-0.05, 0) is 141 Å². The van der Waals surface area contributed by atoms with Crippen LogP contribution < -0.4 is 21.3 Å². The molecule has 0 radical (unpaired) electrons. The number of amides is 1. The van der Waals surface area contributed by atoms with Crippen LogP contribution in [0.15, 0.2) is 82.7 Å². The van der Waals surface area contributed by atoms with Crippen LogP contribution in [0.2, 0.25) is 17.3 Å². The number of sulfone groups is 1. The third kappa shape index (κ3) is 19.5. The van der Waals surface area contributed by atoms with E-state index in [0.29, 0.717) is 80.8 Å². The summed E-state index contributed by atoms with van der Waals surface area (Å²) >= 11 is 31.2. The lowest BCUT2D eigenvalue weighted by molar-refractivity contribution is -0.133. The molecule has 10 aromatic rings. The van der Waals surface area contributed by atoms with Crippen molar-refractivity contribution in [2.45, 2.75) is 251 Å². The van der Waals surface area contributed by atoms with E-state index >= 15 is 0 Å². The van der Waals surface area contributed by atoms with E-state index in [1.54, 1.807) is 33.6 Å². The van der Waals surface area contributed by atoms with E-state index in [0.717, 1.165) is 152 Å². The van der Waals surface area contributed by atoms with Gasteiger partial charge in [0.25, 0.3) is 0 Å². The predicted octanol–water partition coefficient (Wildman–Crippen LogP) is 12.0. The third-order valence-corrected chi connectivity index (χ3v) is 32.9. The molecule has 0 bridgehead atoms. The highest BCUT2D eigenvalue weighted by molar-refractivity contribution is 7.90. The molecule has 6 saturated heterocycles. The number of rotatable bonds is 14. The number of piperidine rings is 5. The standard InChI is InChI=1S/C22H25ClN4O4S2.C21H28ClN5O3S.C21H29ClN4O4S.C20H24ClN5O3S/c1-13-8-22(21-16(7-20(23)32-21)19(28)12-31-22)9-17(24-13)18-11-27(26-25-18)10-14-3-5-15(6-4-14)33(2,29)30;1-13-8-21(20-14(7-18(22)31-20)17(28)12-30-21)9-15(23-13)16-10-27(25-24-16)11-19(29)26-5-3-2-4-6-26;1-13-7-21(19-14(6-18(22)31-19)17(28)10-30-21)8-15(23-13)16-9-26(25-24-16)11-20(12-27)2-4-29-5-3-20;1-10-5-20(19-13(4-18(21)30-19)17(27)9-28-20)6-15(22-10)16-8-26(25-23-16)7-14-11(2)24-29-12(14)3/h3-7,11,13,17,19,24,28H,8-10,12H2,1-2H3;7,10,13,15,17,23,28H,2-6,8-9,11-12H2,1H3;6,9,13,15,17,23,27-28H,2-5,7-8,10-12H2,1H3;4,8,10,15,17,22,27H,5-7,9H2,1-3H3/t13-,17-,19+,22-;2*13-,15-,17+,21-;10-,15-,17+,20-/m0000/s1. The Bertz CT molecular complexity index is 5550. The van der Waals surface area contributed by atoms with Crippen LogP contribution in [0.4, 0.5) is 0 Å². The molecule has 0 unspecified atom stereocenters. The molecule has 674 valence electrons. The molecular weight excluding hydrogens is 1790 g/mol. The molecule has 9 aromatic heterocycles. The first-order valence-corrected chi connectivity index (χ1v) is 49.3. The number of benzene rings is 1. The zero-order valence-corrected chi connectivity index (χ0v) is 77.6. The van der Waals surface area contributed by atoms with Crippen molar-refractivity contribution in [3.8, 4) is 0 Å². The van der Waals surface area contributed by atoms with Crippen molar-refractivity contribution in [1.29, 1.82) is 0 Å². The average molecular weight is 1890 g/mol. The summed E-state index contributed by atoms with van der Waals surface area (Å²) in [5, 5.41) is 105. The van der Waals surface area contributed by atoms with Gasteiger partial charge in [0.15, 0.2) is 9.84 Å². The monoisotopic (exact) mass is 1890 g/mol. The van der Waals surface area contributed by atoms with Crippen molar-refractivity contribution in [3.63, 3.8) is 0 Å². The maximum atomic E-state index is 12.6. The Morgan fingerprint density at radius 2 is 0.872 bits per heavy atom. The van der Waals surface area contributed by atoms with Crippen LogP contribution in [0, 0.1) is 19.3 Å². The summed E-state index contributed by atoms with van der Waals surface area (Å²) < 4.78 is 68.9. The Kier molecular flexibility index (Phi) is 27.0. The number of carbonyl (C=O) groups excluding carboxylic acids is 1. The maximum absolute atomic E-state index is 12.6. The van der Waals surface area contributed by atoms with E-state index < -0.39 is 56.7 Å². The second-order valence-corrected chi connectivity index (χ2v) is 44.3. The molecule has 1 aromatic carbocycles. The van der Waals surface area contributed by atoms with Gasteiger partial charge in [-0.25, -0.2) is 22.5 Å². The van der Waals surface area contributed by atoms with Crippen LogP contribution in [0.1, 0.15) is 247 Å². The summed E-state index contributed by atoms with van der Waals surface area (Å²) in [4.78, 5) is 18.9. The number of aliphatic hydroxyl groups excluding tert-OH is 5. The molecule has 6 fully saturated rings. The first-order chi connectivity index (χ1) is 59.8. The normalized spacial score (nSPS) is 30.0. The van der Waals surface area contributed by atoms with Crippen molar-refractivity contribution >= 4 is 107 Å². The fourth-order valence-electron chi connectivity index (χ4n) is 19.9. The van der Waals surface area contributed by atoms with Gasteiger partial charge in [-0.3, -0.25) is 9.48 Å². The van der Waals surface area contributed by atoms with Crippen molar-refractivity contribution in [2.75, 3.05) is 65.6 Å². The molecule has 125 heavy (non-hydrogen) atoms. The van der Waals surface area contributed by atoms with Gasteiger partial charge in [-0.2, -0.15) is 0 Å². The van der Waals surface area contributed by atoms with Gasteiger partial charge in [-0.1, -0.05) is 84.5 Å². The van der Waals surface area contributed by atoms with Crippen molar-refractivity contribution in [1.82, 2.24) is 91.3 Å². The van der Waals surface area contributed by atoms with Gasteiger partial charge >= 0.3 is 0 Å². The summed E-state index contributed by atoms with van der Waals surface area (Å²) in [5.74, 6) is 0.893. The highest BCUT2D eigenvalue weighted by Gasteiger charge is 2.54. The molecule has 10 aliphatic rings. The summed E-state index contributed by atoms with van der Waals surface area (Å²) in [5.41, 5.74) is 7.50. The van der Waals surface area contributed by atoms with E-state index in [2.05, 4.69) is 95.4 Å². The fourth-order valence-corrected chi connectivity index (χ4v) is 26.4. The minimum absolute atomic E-state index is 0.0175. The summed E-state index contributed by atoms with van der Waals surface area (Å²) in [7, 11) is -3.22. The van der Waals surface area contributed by atoms with Crippen LogP contribution in [-0.4, -0.2) is 200 Å². The third-order valence-electron chi connectivity index (χ3n) is 25.9. The molecule has 9 N–H and O–H groups in total. The molecular formula is C84H106Cl4N18O14S5. The van der Waals surface area contributed by atoms with Gasteiger partial charge in [0.1, 0.15) is 59.1 Å². The molecule has 20 rings (SSSR count). The number of nitrogens with zero attached hydrogens (tertiary/aromatic N) is 14. The lowest BCUT2D eigenvalue weighted by atomic mass is 9.78. The van der Waals surface area contributed by atoms with Gasteiger partial charge in [0, 0.05) is 135 Å². The van der Waals surface area contributed by atoms with Crippen molar-refractivity contribution in [3.05, 3.63) is 178 Å². The highest BCUT2D eigenvalue weighted by Crippen LogP contribution is 2.57. The molecule has 0 aliphatic carbocycles. The maximum Gasteiger partial charge on any atom is 0.244 e. The zero-order valence-electron chi connectivity index (χ0n) is 70.5. The number of aromatic nitrogens is 13. The molecule has 0 saturated carbocycles. The Labute approximate surface area is 760 Å². The van der Waals surface area contributed by atoms with Crippen molar-refractivity contribution < 1.29 is 67.0 Å². The number of fused-ring (bicyclic) bond motifs is 8. The Morgan fingerprint density at radius 3 is 1.24 bits per heavy atom. The first kappa shape index (κ1) is 90.7. The van der Waals surface area contributed by atoms with Crippen LogP contribution in [0.3, 0.4) is 0 Å². The number of aliphatic hydroxyl groups is 5. The molecule has 4 spiro atoms. The van der Waals surface area contributed by atoms with E-state index in [1.807, 2.05) is 77.2 Å². The Balaban J connectivity index is 0.000000118. The molecule has 19 heterocycles. The van der Waals surface area contributed by atoms with Gasteiger partial charge < -0.3 is 79.9 Å². The number of carbonyl (C=O) groups is 1. The predicted molar refractivity (Wildman–Crippen MR) is 470 cm³/mol. The molecule has 41 heteroatoms. The summed E-state index contributed by atoms with van der Waals surface area (Å²) in [6, 6.07) is 14.8. The quantitative estimate of drug-likeness (QED) is 0.0488. The second kappa shape index (κ2) is 37.2. The number of nitrogens with one attached hydrogen (secondary N) is 4. The number of ether oxygens (including phenoxy) is 5. The Hall–Kier alpha value is -6.19. The van der Waals surface area contributed by atoms with Gasteiger partial charge in [-0.15, -0.1) is 65.7 Å². The zero-order chi connectivity index (χ0) is 87.7. The number of likely N-dealkylation sites (tertiary alicyclic amines) is 1. The van der Waals surface area contributed by atoms with Crippen LogP contribution >= 0.6 is 91.8 Å². The van der Waals surface area contributed by atoms with Gasteiger partial charge in [0.2, 0.25) is 5.91 Å². The first-order valence-electron chi connectivity index (χ1n) is 42.6. The molecule has 32 nitrogen and oxygen atoms in total. The smallest absolute Gasteiger partial charge is 0.244 e. The number of hydrogen-bond donors (Lipinski definition) is 9. The largest absolute Gasteiger partial charge is 0.396 e. The van der Waals surface area contributed by atoms with Crippen LogP contribution in [-0.2, 0) is 86.9 Å². The number of halogens is 4. The average Bonchev–Trinajstić information content (AvgIpc) is 1.68. The molecule has 16 atom stereocenters. The van der Waals surface area contributed by atoms with E-state index in [4.69, 9.17) is 74.6 Å². The van der Waals surface area contributed by atoms with Gasteiger partial charge in [0.05, 0.1) is 152 Å². The lowest BCUT2D eigenvalue weighted by Crippen LogP contribution is -2.50. The topological polar surface area (TPSA) is 399 Å². The lowest BCUT2D eigenvalue weighted by Gasteiger charge is -2.46. The molecule has 10 aliphatic heterocycles. The summed E-state index contributed by atoms with van der Waals surface area (Å²) in [6.45, 7) is 18.4. The molecule has 1 amide bonds. The van der Waals surface area contributed by atoms with Crippen LogP contribution in [0.25, 0.3) is 0 Å². The highest BCUT2D eigenvalue weighted by atomic mass is 35.5. The second-order valence-electron chi connectivity index (χ2n) is 35.5. The van der Waals surface area contributed by atoms with E-state index in [1.165, 1.54) is 58.0 Å². The van der Waals surface area contributed by atoms with E-state index in [9.17, 15) is 38.7 Å². The number of aryl methyl sites for hydroxylation is 2. The minimum Gasteiger partial charge on any atom is -0.396 e.